The highest BCUT2D eigenvalue weighted by Gasteiger charge is 2.25. The van der Waals surface area contributed by atoms with Gasteiger partial charge in [0.25, 0.3) is 0 Å². The second-order valence-corrected chi connectivity index (χ2v) is 22.1. The lowest BCUT2D eigenvalue weighted by molar-refractivity contribution is 0.112. The second-order valence-electron chi connectivity index (χ2n) is 14.5. The lowest BCUT2D eigenvalue weighted by atomic mass is 10.0. The maximum absolute atomic E-state index is 11.9. The molecule has 286 valence electrons. The van der Waals surface area contributed by atoms with Crippen LogP contribution in [0.2, 0.25) is 0 Å². The van der Waals surface area contributed by atoms with Gasteiger partial charge in [-0.15, -0.1) is 80.2 Å². The summed E-state index contributed by atoms with van der Waals surface area (Å²) in [6, 6.07) is 14.2. The molecule has 0 N–H and O–H groups in total. The SMILES string of the molecule is CCCCCCCCc1cc(C=O)sc1-c1ccc(-c2sc(-c3ccc(-c4sc(CCCCCC)c5c4SCCS5)s3)cc2CCCCCCCC)s1. The molecule has 0 unspecified atom stereocenters. The van der Waals surface area contributed by atoms with Crippen molar-refractivity contribution in [2.24, 2.45) is 0 Å². The third kappa shape index (κ3) is 11.3. The molecule has 8 heteroatoms. The van der Waals surface area contributed by atoms with Gasteiger partial charge in [0.05, 0.1) is 9.75 Å². The zero-order valence-corrected chi connectivity index (χ0v) is 37.9. The Morgan fingerprint density at radius 2 is 0.962 bits per heavy atom. The lowest BCUT2D eigenvalue weighted by Gasteiger charge is -2.13. The first-order valence-electron chi connectivity index (χ1n) is 20.5. The smallest absolute Gasteiger partial charge is 0.160 e. The summed E-state index contributed by atoms with van der Waals surface area (Å²) in [6.07, 6.45) is 25.5. The minimum atomic E-state index is 0.860. The largest absolute Gasteiger partial charge is 0.297 e. The number of aldehydes is 1. The highest BCUT2D eigenvalue weighted by atomic mass is 32.2. The normalized spacial score (nSPS) is 12.9. The van der Waals surface area contributed by atoms with Crippen LogP contribution in [0.15, 0.2) is 46.2 Å². The van der Waals surface area contributed by atoms with Crippen molar-refractivity contribution < 1.29 is 4.79 Å². The fourth-order valence-electron chi connectivity index (χ4n) is 7.26. The first kappa shape index (κ1) is 41.5. The van der Waals surface area contributed by atoms with Crippen LogP contribution in [0, 0.1) is 0 Å². The van der Waals surface area contributed by atoms with Crippen molar-refractivity contribution in [3.05, 3.63) is 57.3 Å². The van der Waals surface area contributed by atoms with E-state index in [4.69, 9.17) is 0 Å². The quantitative estimate of drug-likeness (QED) is 0.0455. The molecular weight excluding hydrogens is 781 g/mol. The van der Waals surface area contributed by atoms with Crippen molar-refractivity contribution in [1.82, 2.24) is 0 Å². The summed E-state index contributed by atoms with van der Waals surface area (Å²) in [7, 11) is 0. The number of hydrogen-bond donors (Lipinski definition) is 0. The average Bonchev–Trinajstić information content (AvgIpc) is 4.02. The molecule has 0 radical (unpaired) electrons. The summed E-state index contributed by atoms with van der Waals surface area (Å²) < 4.78 is 0. The molecule has 0 aliphatic carbocycles. The zero-order chi connectivity index (χ0) is 36.8. The second kappa shape index (κ2) is 22.0. The number of carbonyl (C=O) groups is 1. The molecule has 1 nitrogen and oxygen atoms in total. The number of fused-ring (bicyclic) bond motifs is 1. The number of hydrogen-bond acceptors (Lipinski definition) is 8. The van der Waals surface area contributed by atoms with Crippen LogP contribution in [0.5, 0.6) is 0 Å². The van der Waals surface area contributed by atoms with Crippen molar-refractivity contribution in [3.63, 3.8) is 0 Å². The third-order valence-electron chi connectivity index (χ3n) is 10.2. The van der Waals surface area contributed by atoms with Gasteiger partial charge in [0.2, 0.25) is 0 Å². The predicted molar refractivity (Wildman–Crippen MR) is 246 cm³/mol. The van der Waals surface area contributed by atoms with E-state index in [1.165, 1.54) is 171 Å². The number of rotatable bonds is 24. The van der Waals surface area contributed by atoms with Crippen LogP contribution in [-0.4, -0.2) is 17.8 Å². The van der Waals surface area contributed by atoms with Crippen molar-refractivity contribution >= 4 is 86.5 Å². The molecule has 5 aromatic rings. The molecule has 1 aliphatic rings. The summed E-state index contributed by atoms with van der Waals surface area (Å²) in [4.78, 5) is 28.8. The van der Waals surface area contributed by atoms with Crippen LogP contribution in [0.4, 0.5) is 0 Å². The average molecular weight is 839 g/mol. The van der Waals surface area contributed by atoms with Gasteiger partial charge in [-0.2, -0.15) is 0 Å². The summed E-state index contributed by atoms with van der Waals surface area (Å²) in [6.45, 7) is 6.89. The molecule has 53 heavy (non-hydrogen) atoms. The standard InChI is InChI=1S/C45H58OS7/c1-4-7-10-13-15-17-20-32-29-34(31-46)49-41(32)37-25-26-38(51-37)42-33(21-18-16-14-11-8-5-2)30-40(53-42)35-23-24-39(50-35)44-45-43(47-27-28-48-45)36(52-44)22-19-12-9-6-3/h23-26,29-31H,4-22,27-28H2,1-3H3. The Kier molecular flexibility index (Phi) is 17.2. The highest BCUT2D eigenvalue weighted by Crippen LogP contribution is 2.53. The summed E-state index contributed by atoms with van der Waals surface area (Å²) >= 11 is 13.9. The first-order chi connectivity index (χ1) is 26.1. The van der Waals surface area contributed by atoms with E-state index in [1.807, 2.05) is 34.0 Å². The van der Waals surface area contributed by atoms with Crippen LogP contribution in [-0.2, 0) is 19.3 Å². The van der Waals surface area contributed by atoms with Gasteiger partial charge >= 0.3 is 0 Å². The minimum Gasteiger partial charge on any atom is -0.297 e. The van der Waals surface area contributed by atoms with Gasteiger partial charge < -0.3 is 0 Å². The number of thiophene rings is 5. The molecule has 0 atom stereocenters. The summed E-state index contributed by atoms with van der Waals surface area (Å²) in [5.74, 6) is 2.46. The Labute approximate surface area is 348 Å². The van der Waals surface area contributed by atoms with Gasteiger partial charge in [-0.3, -0.25) is 4.79 Å². The maximum atomic E-state index is 11.9. The van der Waals surface area contributed by atoms with Gasteiger partial charge in [-0.25, -0.2) is 0 Å². The topological polar surface area (TPSA) is 17.1 Å². The maximum Gasteiger partial charge on any atom is 0.160 e. The Balaban J connectivity index is 1.24. The summed E-state index contributed by atoms with van der Waals surface area (Å²) in [5, 5.41) is 0. The van der Waals surface area contributed by atoms with Crippen LogP contribution in [0.25, 0.3) is 39.0 Å². The third-order valence-corrected chi connectivity index (χ3v) is 19.5. The molecule has 5 aromatic heterocycles. The molecule has 6 rings (SSSR count). The number of aryl methyl sites for hydroxylation is 3. The van der Waals surface area contributed by atoms with Gasteiger partial charge in [0, 0.05) is 60.3 Å². The molecular formula is C45H58OS7. The van der Waals surface area contributed by atoms with Gasteiger partial charge in [0.1, 0.15) is 0 Å². The fourth-order valence-corrected chi connectivity index (χ4v) is 16.3. The molecule has 0 saturated heterocycles. The van der Waals surface area contributed by atoms with Gasteiger partial charge in [-0.05, 0) is 86.1 Å². The van der Waals surface area contributed by atoms with E-state index in [0.717, 1.165) is 24.0 Å². The monoisotopic (exact) mass is 838 g/mol. The molecule has 0 saturated carbocycles. The molecule has 0 aromatic carbocycles. The molecule has 0 amide bonds. The number of carbonyl (C=O) groups excluding carboxylic acids is 1. The highest BCUT2D eigenvalue weighted by molar-refractivity contribution is 8.06. The lowest BCUT2D eigenvalue weighted by Crippen LogP contribution is -1.94. The van der Waals surface area contributed by atoms with E-state index < -0.39 is 0 Å². The van der Waals surface area contributed by atoms with Gasteiger partial charge in [0.15, 0.2) is 6.29 Å². The van der Waals surface area contributed by atoms with E-state index in [9.17, 15) is 4.79 Å². The van der Waals surface area contributed by atoms with E-state index in [1.54, 1.807) is 26.0 Å². The van der Waals surface area contributed by atoms with E-state index in [2.05, 4.69) is 92.0 Å². The van der Waals surface area contributed by atoms with Crippen LogP contribution < -0.4 is 0 Å². The Morgan fingerprint density at radius 3 is 1.60 bits per heavy atom. The predicted octanol–water partition coefficient (Wildman–Crippen LogP) is 17.6. The molecule has 6 heterocycles. The molecule has 0 spiro atoms. The fraction of sp³-hybridized carbons (Fsp3) is 0.533. The number of unbranched alkanes of at least 4 members (excludes halogenated alkanes) is 13. The molecule has 0 bridgehead atoms. The minimum absolute atomic E-state index is 0.860. The van der Waals surface area contributed by atoms with E-state index >= 15 is 0 Å². The molecule has 1 aliphatic heterocycles. The Hall–Kier alpha value is -1.13. The van der Waals surface area contributed by atoms with E-state index in [-0.39, 0.29) is 0 Å². The van der Waals surface area contributed by atoms with E-state index in [0.29, 0.717) is 0 Å². The van der Waals surface area contributed by atoms with Crippen molar-refractivity contribution in [2.45, 2.75) is 153 Å². The van der Waals surface area contributed by atoms with Crippen LogP contribution in [0.3, 0.4) is 0 Å². The first-order valence-corrected chi connectivity index (χ1v) is 26.5. The van der Waals surface area contributed by atoms with Crippen LogP contribution in [0.1, 0.15) is 149 Å². The van der Waals surface area contributed by atoms with Crippen molar-refractivity contribution in [2.75, 3.05) is 11.5 Å². The Bertz CT molecular complexity index is 1850. The van der Waals surface area contributed by atoms with Crippen molar-refractivity contribution in [3.8, 4) is 39.0 Å². The summed E-state index contributed by atoms with van der Waals surface area (Å²) in [5.41, 5.74) is 2.88. The Morgan fingerprint density at radius 1 is 0.472 bits per heavy atom. The van der Waals surface area contributed by atoms with Gasteiger partial charge in [-0.1, -0.05) is 104 Å². The molecule has 0 fully saturated rings. The van der Waals surface area contributed by atoms with Crippen molar-refractivity contribution in [1.29, 1.82) is 0 Å². The number of thioether (sulfide) groups is 2. The van der Waals surface area contributed by atoms with Crippen LogP contribution >= 0.6 is 80.2 Å². The zero-order valence-electron chi connectivity index (χ0n) is 32.2.